The maximum Gasteiger partial charge on any atom is 0.220 e. The first-order valence-electron chi connectivity index (χ1n) is 7.85. The molecule has 3 atom stereocenters. The highest BCUT2D eigenvalue weighted by atomic mass is 16.5. The first kappa shape index (κ1) is 16.4. The minimum absolute atomic E-state index is 0.0209. The van der Waals surface area contributed by atoms with Crippen LogP contribution >= 0.6 is 0 Å². The maximum atomic E-state index is 11.8. The summed E-state index contributed by atoms with van der Waals surface area (Å²) in [6, 6.07) is 0.0811. The Bertz CT molecular complexity index is 257. The Morgan fingerprint density at radius 1 is 1.21 bits per heavy atom. The third kappa shape index (κ3) is 5.91. The van der Waals surface area contributed by atoms with Crippen molar-refractivity contribution in [1.29, 1.82) is 0 Å². The third-order valence-electron chi connectivity index (χ3n) is 3.83. The lowest BCUT2D eigenvalue weighted by Gasteiger charge is -2.42. The van der Waals surface area contributed by atoms with Crippen LogP contribution < -0.4 is 11.1 Å². The van der Waals surface area contributed by atoms with Crippen LogP contribution in [0, 0.1) is 0 Å². The van der Waals surface area contributed by atoms with Gasteiger partial charge in [0.15, 0.2) is 0 Å². The highest BCUT2D eigenvalue weighted by Gasteiger charge is 2.40. The Morgan fingerprint density at radius 3 is 2.53 bits per heavy atom. The van der Waals surface area contributed by atoms with Crippen LogP contribution in [0.25, 0.3) is 0 Å². The van der Waals surface area contributed by atoms with Crippen LogP contribution in [0.2, 0.25) is 0 Å². The average molecular weight is 270 g/mol. The van der Waals surface area contributed by atoms with E-state index in [-0.39, 0.29) is 24.1 Å². The van der Waals surface area contributed by atoms with Gasteiger partial charge in [0.25, 0.3) is 0 Å². The number of hydrogen-bond donors (Lipinski definition) is 2. The molecule has 4 nitrogen and oxygen atoms in total. The SMILES string of the molecule is CCCCCCCCC(=O)NC1C(N)CC1OCC. The molecule has 0 heterocycles. The van der Waals surface area contributed by atoms with Gasteiger partial charge in [0.1, 0.15) is 0 Å². The molecule has 1 rings (SSSR count). The number of rotatable bonds is 10. The first-order valence-corrected chi connectivity index (χ1v) is 7.85. The summed E-state index contributed by atoms with van der Waals surface area (Å²) in [6.45, 7) is 4.87. The molecular formula is C15H30N2O2. The number of hydrogen-bond acceptors (Lipinski definition) is 3. The summed E-state index contributed by atoms with van der Waals surface area (Å²) < 4.78 is 5.54. The van der Waals surface area contributed by atoms with Crippen LogP contribution in [-0.2, 0) is 9.53 Å². The van der Waals surface area contributed by atoms with Gasteiger partial charge in [-0.3, -0.25) is 4.79 Å². The monoisotopic (exact) mass is 270 g/mol. The van der Waals surface area contributed by atoms with Crippen LogP contribution in [0.4, 0.5) is 0 Å². The standard InChI is InChI=1S/C15H30N2O2/c1-3-5-6-7-8-9-10-14(18)17-15-12(16)11-13(15)19-4-2/h12-13,15H,3-11,16H2,1-2H3,(H,17,18). The number of unbranched alkanes of at least 4 members (excludes halogenated alkanes) is 5. The lowest BCUT2D eigenvalue weighted by atomic mass is 9.83. The summed E-state index contributed by atoms with van der Waals surface area (Å²) in [6.07, 6.45) is 8.83. The highest BCUT2D eigenvalue weighted by Crippen LogP contribution is 2.22. The summed E-state index contributed by atoms with van der Waals surface area (Å²) >= 11 is 0. The van der Waals surface area contributed by atoms with Crippen molar-refractivity contribution in [3.63, 3.8) is 0 Å². The molecule has 1 aliphatic rings. The minimum atomic E-state index is 0.0209. The van der Waals surface area contributed by atoms with E-state index in [4.69, 9.17) is 10.5 Å². The number of carbonyl (C=O) groups excluding carboxylic acids is 1. The van der Waals surface area contributed by atoms with Gasteiger partial charge in [0.05, 0.1) is 12.1 Å². The van der Waals surface area contributed by atoms with Crippen LogP contribution in [0.3, 0.4) is 0 Å². The summed E-state index contributed by atoms with van der Waals surface area (Å²) in [5.74, 6) is 0.125. The first-order chi connectivity index (χ1) is 9.19. The second kappa shape index (κ2) is 9.32. The van der Waals surface area contributed by atoms with Gasteiger partial charge in [-0.1, -0.05) is 39.0 Å². The zero-order valence-corrected chi connectivity index (χ0v) is 12.5. The van der Waals surface area contributed by atoms with Crippen molar-refractivity contribution < 1.29 is 9.53 Å². The molecule has 1 amide bonds. The molecule has 3 unspecified atom stereocenters. The van der Waals surface area contributed by atoms with E-state index >= 15 is 0 Å². The van der Waals surface area contributed by atoms with Crippen LogP contribution in [0.15, 0.2) is 0 Å². The van der Waals surface area contributed by atoms with Gasteiger partial charge < -0.3 is 15.8 Å². The van der Waals surface area contributed by atoms with E-state index in [1.54, 1.807) is 0 Å². The summed E-state index contributed by atoms with van der Waals surface area (Å²) in [5, 5.41) is 3.01. The largest absolute Gasteiger partial charge is 0.376 e. The van der Waals surface area contributed by atoms with E-state index in [9.17, 15) is 4.79 Å². The van der Waals surface area contributed by atoms with Gasteiger partial charge in [0, 0.05) is 19.1 Å². The molecule has 112 valence electrons. The molecule has 4 heteroatoms. The predicted molar refractivity (Wildman–Crippen MR) is 77.9 cm³/mol. The fourth-order valence-corrected chi connectivity index (χ4v) is 2.55. The molecule has 0 aromatic rings. The zero-order chi connectivity index (χ0) is 14.1. The van der Waals surface area contributed by atoms with Crippen molar-refractivity contribution in [1.82, 2.24) is 5.32 Å². The Balaban J connectivity index is 2.06. The van der Waals surface area contributed by atoms with Crippen molar-refractivity contribution in [2.75, 3.05) is 6.61 Å². The second-order valence-electron chi connectivity index (χ2n) is 5.50. The van der Waals surface area contributed by atoms with Gasteiger partial charge in [-0.05, 0) is 19.8 Å². The van der Waals surface area contributed by atoms with E-state index in [1.807, 2.05) is 6.92 Å². The van der Waals surface area contributed by atoms with Crippen molar-refractivity contribution in [3.8, 4) is 0 Å². The van der Waals surface area contributed by atoms with Gasteiger partial charge in [-0.25, -0.2) is 0 Å². The molecule has 19 heavy (non-hydrogen) atoms. The van der Waals surface area contributed by atoms with Crippen molar-refractivity contribution >= 4 is 5.91 Å². The van der Waals surface area contributed by atoms with Crippen molar-refractivity contribution in [3.05, 3.63) is 0 Å². The molecule has 0 saturated heterocycles. The number of amides is 1. The van der Waals surface area contributed by atoms with Crippen molar-refractivity contribution in [2.24, 2.45) is 5.73 Å². The van der Waals surface area contributed by atoms with E-state index < -0.39 is 0 Å². The average Bonchev–Trinajstić information content (AvgIpc) is 2.40. The van der Waals surface area contributed by atoms with Gasteiger partial charge >= 0.3 is 0 Å². The fraction of sp³-hybridized carbons (Fsp3) is 0.933. The van der Waals surface area contributed by atoms with E-state index in [1.165, 1.54) is 25.7 Å². The number of carbonyl (C=O) groups is 1. The molecule has 3 N–H and O–H groups in total. The molecule has 0 aromatic carbocycles. The van der Waals surface area contributed by atoms with Gasteiger partial charge in [0.2, 0.25) is 5.91 Å². The lowest BCUT2D eigenvalue weighted by molar-refractivity contribution is -0.125. The molecule has 0 spiro atoms. The molecule has 1 aliphatic carbocycles. The van der Waals surface area contributed by atoms with Gasteiger partial charge in [-0.15, -0.1) is 0 Å². The Morgan fingerprint density at radius 2 is 1.89 bits per heavy atom. The molecule has 1 saturated carbocycles. The van der Waals surface area contributed by atoms with Crippen LogP contribution in [-0.4, -0.2) is 30.7 Å². The predicted octanol–water partition coefficient (Wildman–Crippen LogP) is 2.36. The van der Waals surface area contributed by atoms with Gasteiger partial charge in [-0.2, -0.15) is 0 Å². The maximum absolute atomic E-state index is 11.8. The Hall–Kier alpha value is -0.610. The highest BCUT2D eigenvalue weighted by molar-refractivity contribution is 5.76. The molecule has 0 radical (unpaired) electrons. The van der Waals surface area contributed by atoms with E-state index in [2.05, 4.69) is 12.2 Å². The van der Waals surface area contributed by atoms with E-state index in [0.717, 1.165) is 19.3 Å². The summed E-state index contributed by atoms with van der Waals surface area (Å²) in [7, 11) is 0. The quantitative estimate of drug-likeness (QED) is 0.599. The summed E-state index contributed by atoms with van der Waals surface area (Å²) in [4.78, 5) is 11.8. The summed E-state index contributed by atoms with van der Waals surface area (Å²) in [5.41, 5.74) is 5.91. The molecule has 1 fully saturated rings. The molecule has 0 aromatic heterocycles. The van der Waals surface area contributed by atoms with Crippen LogP contribution in [0.1, 0.15) is 65.2 Å². The molecule has 0 aliphatic heterocycles. The topological polar surface area (TPSA) is 64.4 Å². The zero-order valence-electron chi connectivity index (χ0n) is 12.5. The van der Waals surface area contributed by atoms with E-state index in [0.29, 0.717) is 13.0 Å². The van der Waals surface area contributed by atoms with Crippen LogP contribution in [0.5, 0.6) is 0 Å². The minimum Gasteiger partial charge on any atom is -0.376 e. The molecular weight excluding hydrogens is 240 g/mol. The lowest BCUT2D eigenvalue weighted by Crippen LogP contribution is -2.64. The Labute approximate surface area is 117 Å². The normalized spacial score (nSPS) is 25.9. The number of nitrogens with two attached hydrogens (primary N) is 1. The number of nitrogens with one attached hydrogen (secondary N) is 1. The molecule has 0 bridgehead atoms. The fourth-order valence-electron chi connectivity index (χ4n) is 2.55. The smallest absolute Gasteiger partial charge is 0.220 e. The van der Waals surface area contributed by atoms with Crippen molar-refractivity contribution in [2.45, 2.75) is 83.4 Å². The number of ether oxygens (including phenoxy) is 1. The second-order valence-corrected chi connectivity index (χ2v) is 5.50. The third-order valence-corrected chi connectivity index (χ3v) is 3.83. The Kier molecular flexibility index (Phi) is 8.07.